The predicted molar refractivity (Wildman–Crippen MR) is 71.0 cm³/mol. The molecule has 0 aliphatic carbocycles. The molecule has 1 heterocycles. The topological polar surface area (TPSA) is 33.1 Å². The maximum Gasteiger partial charge on any atom is 0.124 e. The van der Waals surface area contributed by atoms with E-state index >= 15 is 0 Å². The van der Waals surface area contributed by atoms with Gasteiger partial charge in [-0.3, -0.25) is 0 Å². The number of nitrogens with zero attached hydrogens (tertiary/aromatic N) is 1. The average molecular weight is 241 g/mol. The van der Waals surface area contributed by atoms with Crippen molar-refractivity contribution in [2.24, 2.45) is 0 Å². The third-order valence-corrected chi connectivity index (χ3v) is 3.76. The van der Waals surface area contributed by atoms with Crippen LogP contribution in [0, 0.1) is 0 Å². The van der Waals surface area contributed by atoms with E-state index < -0.39 is 0 Å². The number of hydrogen-bond donors (Lipinski definition) is 1. The Morgan fingerprint density at radius 2 is 1.76 bits per heavy atom. The van der Waals surface area contributed by atoms with Gasteiger partial charge in [-0.05, 0) is 17.7 Å². The highest BCUT2D eigenvalue weighted by Gasteiger charge is 2.05. The van der Waals surface area contributed by atoms with Crippen molar-refractivity contribution in [3.05, 3.63) is 54.1 Å². The smallest absolute Gasteiger partial charge is 0.124 e. The van der Waals surface area contributed by atoms with Crippen LogP contribution in [0.5, 0.6) is 0 Å². The van der Waals surface area contributed by atoms with Crippen LogP contribution in [0.2, 0.25) is 0 Å². The molecule has 2 aromatic carbocycles. The van der Waals surface area contributed by atoms with E-state index in [1.54, 1.807) is 11.3 Å². The number of thiazole rings is 1. The molecular weight excluding hydrogens is 230 g/mol. The number of aliphatic hydroxyl groups is 1. The third kappa shape index (κ3) is 1.95. The Morgan fingerprint density at radius 3 is 2.47 bits per heavy atom. The zero-order valence-electron chi connectivity index (χ0n) is 9.13. The lowest BCUT2D eigenvalue weighted by Crippen LogP contribution is -1.82. The Bertz CT molecular complexity index is 610. The largest absolute Gasteiger partial charge is 0.392 e. The standard InChI is InChI=1S/C14H11NOS/c16-9-10-5-7-11(8-6-10)14-15-12-3-1-2-4-13(12)17-14/h1-8,16H,9H2. The summed E-state index contributed by atoms with van der Waals surface area (Å²) in [4.78, 5) is 4.59. The van der Waals surface area contributed by atoms with Crippen LogP contribution in [0.4, 0.5) is 0 Å². The van der Waals surface area contributed by atoms with Gasteiger partial charge in [0.15, 0.2) is 0 Å². The number of hydrogen-bond acceptors (Lipinski definition) is 3. The summed E-state index contributed by atoms with van der Waals surface area (Å²) in [6.45, 7) is 0.0835. The van der Waals surface area contributed by atoms with Crippen molar-refractivity contribution in [2.45, 2.75) is 6.61 Å². The minimum atomic E-state index is 0.0835. The molecule has 1 N–H and O–H groups in total. The van der Waals surface area contributed by atoms with Gasteiger partial charge >= 0.3 is 0 Å². The summed E-state index contributed by atoms with van der Waals surface area (Å²) in [5.41, 5.74) is 3.07. The molecule has 1 aromatic heterocycles. The molecule has 0 bridgehead atoms. The van der Waals surface area contributed by atoms with E-state index in [2.05, 4.69) is 11.1 Å². The molecule has 84 valence electrons. The number of para-hydroxylation sites is 1. The second-order valence-corrected chi connectivity index (χ2v) is 4.87. The predicted octanol–water partition coefficient (Wildman–Crippen LogP) is 3.46. The first-order chi connectivity index (χ1) is 8.36. The number of benzene rings is 2. The van der Waals surface area contributed by atoms with Gasteiger partial charge in [0, 0.05) is 5.56 Å². The quantitative estimate of drug-likeness (QED) is 0.745. The van der Waals surface area contributed by atoms with Crippen molar-refractivity contribution >= 4 is 21.6 Å². The highest BCUT2D eigenvalue weighted by atomic mass is 32.1. The summed E-state index contributed by atoms with van der Waals surface area (Å²) in [6.07, 6.45) is 0. The highest BCUT2D eigenvalue weighted by Crippen LogP contribution is 2.29. The first kappa shape index (κ1) is 10.4. The fourth-order valence-corrected chi connectivity index (χ4v) is 2.72. The van der Waals surface area contributed by atoms with Crippen LogP contribution < -0.4 is 0 Å². The van der Waals surface area contributed by atoms with E-state index in [4.69, 9.17) is 5.11 Å². The van der Waals surface area contributed by atoms with Gasteiger partial charge in [0.25, 0.3) is 0 Å². The normalized spacial score (nSPS) is 10.9. The molecule has 0 aliphatic rings. The van der Waals surface area contributed by atoms with Gasteiger partial charge in [0.05, 0.1) is 16.8 Å². The number of rotatable bonds is 2. The molecule has 0 aliphatic heterocycles. The van der Waals surface area contributed by atoms with Crippen molar-refractivity contribution in [2.75, 3.05) is 0 Å². The first-order valence-electron chi connectivity index (χ1n) is 5.42. The second-order valence-electron chi connectivity index (χ2n) is 3.84. The van der Waals surface area contributed by atoms with Crippen molar-refractivity contribution in [1.82, 2.24) is 4.98 Å². The summed E-state index contributed by atoms with van der Waals surface area (Å²) in [5.74, 6) is 0. The number of fused-ring (bicyclic) bond motifs is 1. The first-order valence-corrected chi connectivity index (χ1v) is 6.24. The van der Waals surface area contributed by atoms with Crippen LogP contribution in [-0.2, 0) is 6.61 Å². The molecule has 17 heavy (non-hydrogen) atoms. The molecule has 2 nitrogen and oxygen atoms in total. The fraction of sp³-hybridized carbons (Fsp3) is 0.0714. The van der Waals surface area contributed by atoms with Crippen molar-refractivity contribution in [1.29, 1.82) is 0 Å². The van der Waals surface area contributed by atoms with E-state index in [0.717, 1.165) is 21.7 Å². The summed E-state index contributed by atoms with van der Waals surface area (Å²) in [5, 5.41) is 10.0. The maximum absolute atomic E-state index is 9.00. The Hall–Kier alpha value is -1.71. The lowest BCUT2D eigenvalue weighted by Gasteiger charge is -1.97. The third-order valence-electron chi connectivity index (χ3n) is 2.68. The van der Waals surface area contributed by atoms with Crippen LogP contribution in [0.15, 0.2) is 48.5 Å². The molecule has 3 heteroatoms. The van der Waals surface area contributed by atoms with Crippen LogP contribution in [0.3, 0.4) is 0 Å². The highest BCUT2D eigenvalue weighted by molar-refractivity contribution is 7.21. The Morgan fingerprint density at radius 1 is 1.00 bits per heavy atom. The Labute approximate surface area is 103 Å². The van der Waals surface area contributed by atoms with Gasteiger partial charge in [-0.25, -0.2) is 4.98 Å². The zero-order chi connectivity index (χ0) is 11.7. The summed E-state index contributed by atoms with van der Waals surface area (Å²) < 4.78 is 1.20. The Kier molecular flexibility index (Phi) is 2.63. The van der Waals surface area contributed by atoms with E-state index in [1.807, 2.05) is 42.5 Å². The van der Waals surface area contributed by atoms with Gasteiger partial charge in [-0.1, -0.05) is 36.4 Å². The fourth-order valence-electron chi connectivity index (χ4n) is 1.75. The zero-order valence-corrected chi connectivity index (χ0v) is 9.95. The van der Waals surface area contributed by atoms with Crippen molar-refractivity contribution in [3.8, 4) is 10.6 Å². The summed E-state index contributed by atoms with van der Waals surface area (Å²) in [7, 11) is 0. The maximum atomic E-state index is 9.00. The van der Waals surface area contributed by atoms with Crippen molar-refractivity contribution in [3.63, 3.8) is 0 Å². The van der Waals surface area contributed by atoms with E-state index in [0.29, 0.717) is 0 Å². The van der Waals surface area contributed by atoms with Crippen LogP contribution in [0.25, 0.3) is 20.8 Å². The molecular formula is C14H11NOS. The molecule has 0 unspecified atom stereocenters. The molecule has 0 saturated carbocycles. The van der Waals surface area contributed by atoms with Crippen LogP contribution >= 0.6 is 11.3 Å². The van der Waals surface area contributed by atoms with Gasteiger partial charge in [-0.2, -0.15) is 0 Å². The molecule has 0 amide bonds. The summed E-state index contributed by atoms with van der Waals surface area (Å²) in [6, 6.07) is 16.0. The Balaban J connectivity index is 2.07. The molecule has 0 radical (unpaired) electrons. The van der Waals surface area contributed by atoms with Gasteiger partial charge in [0.1, 0.15) is 5.01 Å². The monoisotopic (exact) mass is 241 g/mol. The number of aliphatic hydroxyl groups excluding tert-OH is 1. The molecule has 3 rings (SSSR count). The molecule has 0 saturated heterocycles. The molecule has 3 aromatic rings. The van der Waals surface area contributed by atoms with Gasteiger partial charge < -0.3 is 5.11 Å². The van der Waals surface area contributed by atoms with E-state index in [-0.39, 0.29) is 6.61 Å². The van der Waals surface area contributed by atoms with E-state index in [9.17, 15) is 0 Å². The molecule has 0 fully saturated rings. The summed E-state index contributed by atoms with van der Waals surface area (Å²) >= 11 is 1.69. The minimum absolute atomic E-state index is 0.0835. The van der Waals surface area contributed by atoms with E-state index in [1.165, 1.54) is 4.70 Å². The van der Waals surface area contributed by atoms with Gasteiger partial charge in [0.2, 0.25) is 0 Å². The SMILES string of the molecule is OCc1ccc(-c2nc3ccccc3s2)cc1. The van der Waals surface area contributed by atoms with Crippen molar-refractivity contribution < 1.29 is 5.11 Å². The molecule has 0 spiro atoms. The lowest BCUT2D eigenvalue weighted by molar-refractivity contribution is 0.282. The molecule has 0 atom stereocenters. The van der Waals surface area contributed by atoms with Crippen LogP contribution in [-0.4, -0.2) is 10.1 Å². The van der Waals surface area contributed by atoms with Gasteiger partial charge in [-0.15, -0.1) is 11.3 Å². The van der Waals surface area contributed by atoms with Crippen LogP contribution in [0.1, 0.15) is 5.56 Å². The second kappa shape index (κ2) is 4.28. The minimum Gasteiger partial charge on any atom is -0.392 e. The average Bonchev–Trinajstić information content (AvgIpc) is 2.82. The lowest BCUT2D eigenvalue weighted by atomic mass is 10.1. The number of aromatic nitrogens is 1.